The first-order valence-corrected chi connectivity index (χ1v) is 11.4. The lowest BCUT2D eigenvalue weighted by atomic mass is 9.53. The van der Waals surface area contributed by atoms with Crippen molar-refractivity contribution in [3.63, 3.8) is 0 Å². The van der Waals surface area contributed by atoms with Crippen LogP contribution in [0.1, 0.15) is 50.5 Å². The van der Waals surface area contributed by atoms with Gasteiger partial charge in [0.25, 0.3) is 0 Å². The fraction of sp³-hybridized carbons (Fsp3) is 0.385. The number of nitrogens with zero attached hydrogens (tertiary/aromatic N) is 3. The maximum Gasteiger partial charge on any atom is 0.244 e. The van der Waals surface area contributed by atoms with Gasteiger partial charge in [-0.05, 0) is 28.7 Å². The van der Waals surface area contributed by atoms with Gasteiger partial charge in [-0.25, -0.2) is 0 Å². The predicted octanol–water partition coefficient (Wildman–Crippen LogP) is 5.86. The van der Waals surface area contributed by atoms with E-state index in [0.717, 1.165) is 10.0 Å². The summed E-state index contributed by atoms with van der Waals surface area (Å²) in [6.45, 7) is 7.99. The van der Waals surface area contributed by atoms with E-state index >= 15 is 0 Å². The molecule has 0 aromatic heterocycles. The first-order chi connectivity index (χ1) is 15.5. The highest BCUT2D eigenvalue weighted by Crippen LogP contribution is 2.69. The quantitative estimate of drug-likeness (QED) is 0.552. The van der Waals surface area contributed by atoms with E-state index in [1.807, 2.05) is 36.4 Å². The van der Waals surface area contributed by atoms with E-state index < -0.39 is 34.5 Å². The number of nitrogens with one attached hydrogen (secondary N) is 1. The molecule has 2 aliphatic rings. The zero-order valence-electron chi connectivity index (χ0n) is 18.8. The van der Waals surface area contributed by atoms with Gasteiger partial charge in [0, 0.05) is 10.0 Å². The van der Waals surface area contributed by atoms with Gasteiger partial charge in [-0.2, -0.15) is 15.8 Å². The van der Waals surface area contributed by atoms with Crippen LogP contribution >= 0.6 is 15.9 Å². The first kappa shape index (κ1) is 23.0. The molecule has 2 bridgehead atoms. The molecule has 2 aliphatic heterocycles. The molecule has 2 saturated heterocycles. The summed E-state index contributed by atoms with van der Waals surface area (Å²) in [5.41, 5.74) is -1.59. The van der Waals surface area contributed by atoms with Gasteiger partial charge in [-0.15, -0.1) is 0 Å². The molecule has 1 N–H and O–H groups in total. The Labute approximate surface area is 202 Å². The van der Waals surface area contributed by atoms with Crippen molar-refractivity contribution in [2.45, 2.75) is 45.0 Å². The van der Waals surface area contributed by atoms with Crippen LogP contribution in [0.15, 0.2) is 53.0 Å². The Morgan fingerprint density at radius 1 is 0.939 bits per heavy atom. The van der Waals surface area contributed by atoms with Crippen LogP contribution in [0.3, 0.4) is 0 Å². The second kappa shape index (κ2) is 7.42. The van der Waals surface area contributed by atoms with Crippen LogP contribution < -0.4 is 0 Å². The highest BCUT2D eigenvalue weighted by atomic mass is 79.9. The smallest absolute Gasteiger partial charge is 0.244 e. The number of benzene rings is 2. The summed E-state index contributed by atoms with van der Waals surface area (Å²) in [4.78, 5) is 0. The number of hydrogen-bond donors (Lipinski definition) is 1. The van der Waals surface area contributed by atoms with Crippen LogP contribution in [-0.4, -0.2) is 5.90 Å². The van der Waals surface area contributed by atoms with Crippen molar-refractivity contribution in [3.05, 3.63) is 69.7 Å². The molecular formula is C26H23BrN4O2. The molecule has 4 unspecified atom stereocenters. The Morgan fingerprint density at radius 3 is 2.00 bits per heavy atom. The Morgan fingerprint density at radius 2 is 1.52 bits per heavy atom. The molecule has 0 aliphatic carbocycles. The van der Waals surface area contributed by atoms with Crippen molar-refractivity contribution in [2.24, 2.45) is 16.7 Å². The zero-order chi connectivity index (χ0) is 24.2. The summed E-state index contributed by atoms with van der Waals surface area (Å²) in [5, 5.41) is 39.7. The van der Waals surface area contributed by atoms with Crippen LogP contribution in [0.2, 0.25) is 0 Å². The third-order valence-electron chi connectivity index (χ3n) is 6.99. The average molecular weight is 503 g/mol. The highest BCUT2D eigenvalue weighted by Gasteiger charge is 2.79. The third kappa shape index (κ3) is 2.88. The van der Waals surface area contributed by atoms with Crippen molar-refractivity contribution in [3.8, 4) is 18.2 Å². The monoisotopic (exact) mass is 502 g/mol. The molecule has 0 amide bonds. The maximum absolute atomic E-state index is 10.4. The van der Waals surface area contributed by atoms with Crippen LogP contribution in [0, 0.1) is 56.2 Å². The molecule has 0 spiro atoms. The number of fused-ring (bicyclic) bond motifs is 2. The molecule has 2 aromatic carbocycles. The number of halogens is 1. The highest BCUT2D eigenvalue weighted by molar-refractivity contribution is 9.10. The van der Waals surface area contributed by atoms with Crippen LogP contribution in [0.4, 0.5) is 0 Å². The van der Waals surface area contributed by atoms with Crippen LogP contribution in [-0.2, 0) is 20.7 Å². The van der Waals surface area contributed by atoms with Crippen molar-refractivity contribution < 1.29 is 9.47 Å². The summed E-state index contributed by atoms with van der Waals surface area (Å²) >= 11 is 3.42. The van der Waals surface area contributed by atoms with Crippen molar-refractivity contribution in [2.75, 3.05) is 0 Å². The van der Waals surface area contributed by atoms with Gasteiger partial charge in [-0.3, -0.25) is 5.41 Å². The van der Waals surface area contributed by atoms with E-state index in [2.05, 4.69) is 54.9 Å². The van der Waals surface area contributed by atoms with E-state index in [1.54, 1.807) is 19.1 Å². The lowest BCUT2D eigenvalue weighted by Gasteiger charge is -2.48. The van der Waals surface area contributed by atoms with Gasteiger partial charge in [0.15, 0.2) is 5.41 Å². The largest absolute Gasteiger partial charge is 0.443 e. The topological polar surface area (TPSA) is 114 Å². The Kier molecular flexibility index (Phi) is 5.17. The molecule has 7 heteroatoms. The number of hydrogen-bond acceptors (Lipinski definition) is 6. The molecule has 0 radical (unpaired) electrons. The number of rotatable bonds is 2. The van der Waals surface area contributed by atoms with Gasteiger partial charge in [0.2, 0.25) is 17.1 Å². The summed E-state index contributed by atoms with van der Waals surface area (Å²) in [6, 6.07) is 21.1. The molecule has 2 aromatic rings. The Bertz CT molecular complexity index is 1230. The van der Waals surface area contributed by atoms with Gasteiger partial charge < -0.3 is 9.47 Å². The lowest BCUT2D eigenvalue weighted by molar-refractivity contribution is -0.288. The lowest BCUT2D eigenvalue weighted by Crippen LogP contribution is -2.57. The third-order valence-corrected chi connectivity index (χ3v) is 7.52. The van der Waals surface area contributed by atoms with Gasteiger partial charge in [-0.1, -0.05) is 80.0 Å². The SMILES string of the molecule is CC1C2(c3ccc(Br)cc3)OC(=N)C1(C#N)C(C#N)(C#N)C(c1ccc(C(C)(C)C)cc1)O2. The molecule has 6 nitrogen and oxygen atoms in total. The van der Waals surface area contributed by atoms with Crippen molar-refractivity contribution in [1.82, 2.24) is 0 Å². The fourth-order valence-electron chi connectivity index (χ4n) is 5.01. The molecular weight excluding hydrogens is 480 g/mol. The number of ether oxygens (including phenoxy) is 2. The maximum atomic E-state index is 10.4. The zero-order valence-corrected chi connectivity index (χ0v) is 20.4. The Balaban J connectivity index is 1.98. The molecule has 4 atom stereocenters. The minimum absolute atomic E-state index is 0.0845. The fourth-order valence-corrected chi connectivity index (χ4v) is 5.27. The summed E-state index contributed by atoms with van der Waals surface area (Å²) in [5.74, 6) is -2.69. The van der Waals surface area contributed by atoms with Crippen molar-refractivity contribution >= 4 is 21.8 Å². The number of nitriles is 3. The predicted molar refractivity (Wildman–Crippen MR) is 124 cm³/mol. The molecule has 33 heavy (non-hydrogen) atoms. The van der Waals surface area contributed by atoms with Crippen LogP contribution in [0.5, 0.6) is 0 Å². The molecule has 2 fully saturated rings. The standard InChI is InChI=1S/C26H23BrN4O2/c1-16-25(15-30)22(31)33-26(16,19-9-11-20(27)12-10-19)32-21(24(25,13-28)14-29)17-5-7-18(8-6-17)23(2,3)4/h5-12,16,21,31H,1-4H3. The average Bonchev–Trinajstić information content (AvgIpc) is 2.95. The van der Waals surface area contributed by atoms with E-state index in [1.165, 1.54) is 0 Å². The molecule has 2 heterocycles. The van der Waals surface area contributed by atoms with Crippen LogP contribution in [0.25, 0.3) is 0 Å². The van der Waals surface area contributed by atoms with Crippen molar-refractivity contribution in [1.29, 1.82) is 21.2 Å². The summed E-state index contributed by atoms with van der Waals surface area (Å²) in [6.07, 6.45) is -1.11. The van der Waals surface area contributed by atoms with E-state index in [0.29, 0.717) is 11.1 Å². The van der Waals surface area contributed by atoms with E-state index in [-0.39, 0.29) is 5.41 Å². The van der Waals surface area contributed by atoms with E-state index in [9.17, 15) is 15.8 Å². The second-order valence-electron chi connectivity index (χ2n) is 9.65. The van der Waals surface area contributed by atoms with E-state index in [4.69, 9.17) is 14.9 Å². The first-order valence-electron chi connectivity index (χ1n) is 10.6. The van der Waals surface area contributed by atoms with Gasteiger partial charge in [0.1, 0.15) is 6.10 Å². The Hall–Kier alpha value is -3.18. The molecule has 4 rings (SSSR count). The van der Waals surface area contributed by atoms with Gasteiger partial charge >= 0.3 is 0 Å². The van der Waals surface area contributed by atoms with Gasteiger partial charge in [0.05, 0.1) is 24.1 Å². The summed E-state index contributed by atoms with van der Waals surface area (Å²) in [7, 11) is 0. The minimum Gasteiger partial charge on any atom is -0.443 e. The molecule has 0 saturated carbocycles. The molecule has 166 valence electrons. The minimum atomic E-state index is -1.98. The second-order valence-corrected chi connectivity index (χ2v) is 10.6. The summed E-state index contributed by atoms with van der Waals surface area (Å²) < 4.78 is 13.4. The normalized spacial score (nSPS) is 29.9.